The maximum Gasteiger partial charge on any atom is 0.126 e. The maximum absolute atomic E-state index is 11.0. The van der Waals surface area contributed by atoms with E-state index in [1.807, 2.05) is 24.3 Å². The first-order valence-corrected chi connectivity index (χ1v) is 10.5. The van der Waals surface area contributed by atoms with Gasteiger partial charge in [-0.25, -0.2) is 0 Å². The quantitative estimate of drug-likeness (QED) is 0.814. The van der Waals surface area contributed by atoms with Crippen LogP contribution in [-0.4, -0.2) is 41.3 Å². The third-order valence-electron chi connectivity index (χ3n) is 6.13. The number of likely N-dealkylation sites (tertiary alicyclic amines) is 1. The van der Waals surface area contributed by atoms with Gasteiger partial charge in [-0.1, -0.05) is 41.9 Å². The first-order chi connectivity index (χ1) is 13.2. The Bertz CT molecular complexity index is 713. The van der Waals surface area contributed by atoms with Crippen LogP contribution in [0.5, 0.6) is 5.75 Å². The van der Waals surface area contributed by atoms with Gasteiger partial charge in [-0.05, 0) is 80.9 Å². The Balaban J connectivity index is 1.35. The highest BCUT2D eigenvalue weighted by atomic mass is 35.5. The van der Waals surface area contributed by atoms with Crippen LogP contribution in [0.1, 0.15) is 43.6 Å². The molecule has 4 rings (SSSR count). The van der Waals surface area contributed by atoms with Crippen molar-refractivity contribution >= 4 is 11.6 Å². The number of aliphatic hydroxyl groups excluding tert-OH is 1. The van der Waals surface area contributed by atoms with E-state index in [0.717, 1.165) is 50.9 Å². The van der Waals surface area contributed by atoms with Crippen LogP contribution in [0, 0.1) is 0 Å². The minimum Gasteiger partial charge on any atom is -0.488 e. The lowest BCUT2D eigenvalue weighted by Gasteiger charge is -2.44. The molecular weight excluding hydrogens is 358 g/mol. The van der Waals surface area contributed by atoms with Crippen LogP contribution in [0.25, 0.3) is 0 Å². The van der Waals surface area contributed by atoms with Gasteiger partial charge in [0.25, 0.3) is 0 Å². The number of hydrogen-bond donors (Lipinski definition) is 1. The van der Waals surface area contributed by atoms with E-state index in [1.165, 1.54) is 5.56 Å². The summed E-state index contributed by atoms with van der Waals surface area (Å²) in [5.41, 5.74) is 1.45. The van der Waals surface area contributed by atoms with Crippen molar-refractivity contribution in [2.75, 3.05) is 13.1 Å². The van der Waals surface area contributed by atoms with Crippen molar-refractivity contribution in [3.05, 3.63) is 65.2 Å². The molecule has 1 saturated carbocycles. The second-order valence-corrected chi connectivity index (χ2v) is 8.26. The highest BCUT2D eigenvalue weighted by Gasteiger charge is 2.38. The molecule has 1 saturated heterocycles. The molecule has 0 bridgehead atoms. The number of benzene rings is 2. The second kappa shape index (κ2) is 8.64. The van der Waals surface area contributed by atoms with E-state index in [-0.39, 0.29) is 12.1 Å². The summed E-state index contributed by atoms with van der Waals surface area (Å²) in [6.45, 7) is 2.10. The number of aliphatic hydroxyl groups is 1. The second-order valence-electron chi connectivity index (χ2n) is 7.82. The Morgan fingerprint density at radius 1 is 0.889 bits per heavy atom. The number of rotatable bonds is 4. The van der Waals surface area contributed by atoms with Crippen molar-refractivity contribution < 1.29 is 9.84 Å². The molecule has 144 valence electrons. The van der Waals surface area contributed by atoms with Crippen molar-refractivity contribution in [2.24, 2.45) is 0 Å². The van der Waals surface area contributed by atoms with Crippen molar-refractivity contribution in [2.45, 2.75) is 56.3 Å². The minimum absolute atomic E-state index is 0.142. The van der Waals surface area contributed by atoms with Crippen molar-refractivity contribution in [3.8, 4) is 5.75 Å². The molecular formula is C23H28ClNO2. The fourth-order valence-corrected chi connectivity index (χ4v) is 4.75. The monoisotopic (exact) mass is 385 g/mol. The van der Waals surface area contributed by atoms with E-state index < -0.39 is 6.10 Å². The Kier molecular flexibility index (Phi) is 6.01. The number of ether oxygens (including phenoxy) is 1. The van der Waals surface area contributed by atoms with Crippen LogP contribution < -0.4 is 4.74 Å². The number of nitrogens with zero attached hydrogens (tertiary/aromatic N) is 1. The van der Waals surface area contributed by atoms with Gasteiger partial charge in [0.15, 0.2) is 0 Å². The van der Waals surface area contributed by atoms with E-state index in [1.54, 1.807) is 0 Å². The van der Waals surface area contributed by atoms with Gasteiger partial charge in [0.1, 0.15) is 18.0 Å². The zero-order valence-electron chi connectivity index (χ0n) is 15.6. The SMILES string of the molecule is O[C@H]1[C@H](Oc2ccc(Cl)cc2)CCC[C@@H]1N1CCC(c2ccccc2)CC1. The normalized spacial score (nSPS) is 27.4. The Morgan fingerprint density at radius 3 is 2.30 bits per heavy atom. The molecule has 27 heavy (non-hydrogen) atoms. The third kappa shape index (κ3) is 4.48. The molecule has 1 heterocycles. The van der Waals surface area contributed by atoms with E-state index in [0.29, 0.717) is 10.9 Å². The molecule has 0 aromatic heterocycles. The zero-order valence-corrected chi connectivity index (χ0v) is 16.4. The molecule has 0 amide bonds. The summed E-state index contributed by atoms with van der Waals surface area (Å²) < 4.78 is 6.10. The Morgan fingerprint density at radius 2 is 1.59 bits per heavy atom. The molecule has 1 N–H and O–H groups in total. The van der Waals surface area contributed by atoms with E-state index in [2.05, 4.69) is 35.2 Å². The summed E-state index contributed by atoms with van der Waals surface area (Å²) in [6.07, 6.45) is 4.79. The third-order valence-corrected chi connectivity index (χ3v) is 6.39. The molecule has 2 aromatic rings. The lowest BCUT2D eigenvalue weighted by molar-refractivity contribution is -0.0585. The molecule has 2 aliphatic rings. The first kappa shape index (κ1) is 18.8. The van der Waals surface area contributed by atoms with Gasteiger partial charge >= 0.3 is 0 Å². The van der Waals surface area contributed by atoms with Gasteiger partial charge in [-0.2, -0.15) is 0 Å². The fraction of sp³-hybridized carbons (Fsp3) is 0.478. The fourth-order valence-electron chi connectivity index (χ4n) is 4.62. The lowest BCUT2D eigenvalue weighted by atomic mass is 9.84. The topological polar surface area (TPSA) is 32.7 Å². The van der Waals surface area contributed by atoms with Crippen LogP contribution in [0.2, 0.25) is 5.02 Å². The largest absolute Gasteiger partial charge is 0.488 e. The van der Waals surface area contributed by atoms with E-state index >= 15 is 0 Å². The van der Waals surface area contributed by atoms with Crippen LogP contribution in [0.3, 0.4) is 0 Å². The standard InChI is InChI=1S/C23H28ClNO2/c24-19-9-11-20(12-10-19)27-22-8-4-7-21(23(22)26)25-15-13-18(14-16-25)17-5-2-1-3-6-17/h1-3,5-6,9-12,18,21-23,26H,4,7-8,13-16H2/t21-,22+,23+/m0/s1. The molecule has 4 heteroatoms. The van der Waals surface area contributed by atoms with E-state index in [4.69, 9.17) is 16.3 Å². The van der Waals surface area contributed by atoms with Gasteiger partial charge in [0, 0.05) is 11.1 Å². The summed E-state index contributed by atoms with van der Waals surface area (Å²) in [7, 11) is 0. The summed E-state index contributed by atoms with van der Waals surface area (Å²) in [5, 5.41) is 11.7. The Hall–Kier alpha value is -1.55. The smallest absolute Gasteiger partial charge is 0.126 e. The van der Waals surface area contributed by atoms with Crippen LogP contribution in [0.15, 0.2) is 54.6 Å². The molecule has 3 atom stereocenters. The molecule has 0 spiro atoms. The van der Waals surface area contributed by atoms with Gasteiger partial charge in [-0.15, -0.1) is 0 Å². The van der Waals surface area contributed by atoms with Gasteiger partial charge in [-0.3, -0.25) is 4.90 Å². The molecule has 1 aliphatic heterocycles. The average molecular weight is 386 g/mol. The van der Waals surface area contributed by atoms with Crippen LogP contribution >= 0.6 is 11.6 Å². The zero-order chi connectivity index (χ0) is 18.6. The lowest BCUT2D eigenvalue weighted by Crippen LogP contribution is -2.54. The van der Waals surface area contributed by atoms with Crippen molar-refractivity contribution in [3.63, 3.8) is 0 Å². The van der Waals surface area contributed by atoms with Gasteiger partial charge in [0.05, 0.1) is 0 Å². The molecule has 2 aromatic carbocycles. The van der Waals surface area contributed by atoms with Gasteiger partial charge in [0.2, 0.25) is 0 Å². The molecule has 3 nitrogen and oxygen atoms in total. The predicted molar refractivity (Wildman–Crippen MR) is 110 cm³/mol. The summed E-state index contributed by atoms with van der Waals surface area (Å²) in [6, 6.07) is 18.4. The summed E-state index contributed by atoms with van der Waals surface area (Å²) in [5.74, 6) is 1.43. The van der Waals surface area contributed by atoms with Crippen LogP contribution in [-0.2, 0) is 0 Å². The summed E-state index contributed by atoms with van der Waals surface area (Å²) in [4.78, 5) is 2.49. The Labute approximate surface area is 166 Å². The van der Waals surface area contributed by atoms with Crippen molar-refractivity contribution in [1.29, 1.82) is 0 Å². The van der Waals surface area contributed by atoms with Gasteiger partial charge < -0.3 is 9.84 Å². The first-order valence-electron chi connectivity index (χ1n) is 10.1. The highest BCUT2D eigenvalue weighted by molar-refractivity contribution is 6.30. The molecule has 0 unspecified atom stereocenters. The predicted octanol–water partition coefficient (Wildman–Crippen LogP) is 4.88. The minimum atomic E-state index is -0.442. The molecule has 1 aliphatic carbocycles. The van der Waals surface area contributed by atoms with E-state index in [9.17, 15) is 5.11 Å². The molecule has 2 fully saturated rings. The average Bonchev–Trinajstić information content (AvgIpc) is 2.72. The van der Waals surface area contributed by atoms with Crippen molar-refractivity contribution in [1.82, 2.24) is 4.90 Å². The summed E-state index contributed by atoms with van der Waals surface area (Å²) >= 11 is 5.95. The van der Waals surface area contributed by atoms with Crippen LogP contribution in [0.4, 0.5) is 0 Å². The number of halogens is 1. The molecule has 0 radical (unpaired) electrons. The number of hydrogen-bond acceptors (Lipinski definition) is 3. The maximum atomic E-state index is 11.0. The highest BCUT2D eigenvalue weighted by Crippen LogP contribution is 2.33. The number of piperidine rings is 1.